The number of carbonyl (C=O) groups is 2. The van der Waals surface area contributed by atoms with E-state index in [0.29, 0.717) is 26.2 Å². The Hall–Kier alpha value is -1.40. The fourth-order valence-corrected chi connectivity index (χ4v) is 5.66. The highest BCUT2D eigenvalue weighted by atomic mass is 32.1. The number of ether oxygens (including phenoxy) is 1. The lowest BCUT2D eigenvalue weighted by atomic mass is 9.93. The third kappa shape index (κ3) is 3.10. The van der Waals surface area contributed by atoms with Crippen molar-refractivity contribution in [2.24, 2.45) is 5.92 Å². The predicted molar refractivity (Wildman–Crippen MR) is 97.0 cm³/mol. The van der Waals surface area contributed by atoms with Gasteiger partial charge in [-0.2, -0.15) is 0 Å². The lowest BCUT2D eigenvalue weighted by Gasteiger charge is -2.35. The zero-order valence-corrected chi connectivity index (χ0v) is 15.6. The number of carbonyl (C=O) groups excluding carboxylic acids is 2. The summed E-state index contributed by atoms with van der Waals surface area (Å²) in [4.78, 5) is 30.8. The molecule has 6 heteroatoms. The van der Waals surface area contributed by atoms with E-state index < -0.39 is 0 Å². The van der Waals surface area contributed by atoms with E-state index in [4.69, 9.17) is 4.74 Å². The standard InChI is InChI=1S/C19H26N2O3S/c1-24-9-8-21-15-7-6-13(18(21)22)10-20(11-15)19(23)17-16-5-3-2-4-14(16)12-25-17/h12-13,15H,2-11H2,1H3/t13-,15+/m0/s1. The summed E-state index contributed by atoms with van der Waals surface area (Å²) < 4.78 is 5.16. The average Bonchev–Trinajstić information content (AvgIpc) is 2.87. The second-order valence-corrected chi connectivity index (χ2v) is 8.32. The van der Waals surface area contributed by atoms with Crippen molar-refractivity contribution < 1.29 is 14.3 Å². The Morgan fingerprint density at radius 3 is 2.96 bits per heavy atom. The molecule has 5 rings (SSSR count). The number of thiophene rings is 1. The molecule has 0 unspecified atom stereocenters. The summed E-state index contributed by atoms with van der Waals surface area (Å²) in [6.07, 6.45) is 6.44. The van der Waals surface area contributed by atoms with Gasteiger partial charge in [0.1, 0.15) is 0 Å². The molecule has 3 saturated heterocycles. The van der Waals surface area contributed by atoms with Gasteiger partial charge in [0, 0.05) is 32.8 Å². The van der Waals surface area contributed by atoms with E-state index in [1.54, 1.807) is 18.4 Å². The van der Waals surface area contributed by atoms with Crippen molar-refractivity contribution in [3.05, 3.63) is 21.4 Å². The highest BCUT2D eigenvalue weighted by Gasteiger charge is 2.42. The minimum atomic E-state index is -0.0460. The largest absolute Gasteiger partial charge is 0.383 e. The minimum absolute atomic E-state index is 0.0460. The second-order valence-electron chi connectivity index (χ2n) is 7.44. The monoisotopic (exact) mass is 362 g/mol. The summed E-state index contributed by atoms with van der Waals surface area (Å²) >= 11 is 1.60. The molecular weight excluding hydrogens is 336 g/mol. The molecule has 3 fully saturated rings. The number of nitrogens with zero attached hydrogens (tertiary/aromatic N) is 2. The summed E-state index contributed by atoms with van der Waals surface area (Å²) in [7, 11) is 1.66. The van der Waals surface area contributed by atoms with Gasteiger partial charge in [-0.3, -0.25) is 9.59 Å². The Bertz CT molecular complexity index is 672. The molecule has 25 heavy (non-hydrogen) atoms. The maximum atomic E-state index is 13.2. The fourth-order valence-electron chi connectivity index (χ4n) is 4.53. The number of fused-ring (bicyclic) bond motifs is 5. The molecule has 3 aliphatic heterocycles. The van der Waals surface area contributed by atoms with E-state index in [-0.39, 0.29) is 23.8 Å². The quantitative estimate of drug-likeness (QED) is 0.826. The van der Waals surface area contributed by atoms with Crippen LogP contribution in [0, 0.1) is 5.92 Å². The van der Waals surface area contributed by atoms with Crippen LogP contribution in [0.4, 0.5) is 0 Å². The average molecular weight is 362 g/mol. The molecule has 4 aliphatic rings. The third-order valence-corrected chi connectivity index (χ3v) is 6.97. The Morgan fingerprint density at radius 1 is 1.28 bits per heavy atom. The van der Waals surface area contributed by atoms with Crippen molar-refractivity contribution in [1.82, 2.24) is 9.80 Å². The predicted octanol–water partition coefficient (Wildman–Crippen LogP) is 2.34. The Kier molecular flexibility index (Phi) is 4.82. The third-order valence-electron chi connectivity index (χ3n) is 5.91. The van der Waals surface area contributed by atoms with Crippen LogP contribution in [0.15, 0.2) is 5.38 Å². The first-order valence-electron chi connectivity index (χ1n) is 9.37. The van der Waals surface area contributed by atoms with Crippen LogP contribution in [0.2, 0.25) is 0 Å². The van der Waals surface area contributed by atoms with E-state index >= 15 is 0 Å². The molecule has 1 aromatic heterocycles. The van der Waals surface area contributed by atoms with Crippen molar-refractivity contribution in [3.8, 4) is 0 Å². The van der Waals surface area contributed by atoms with Gasteiger partial charge in [-0.15, -0.1) is 11.3 Å². The first-order valence-corrected chi connectivity index (χ1v) is 10.2. The van der Waals surface area contributed by atoms with Crippen LogP contribution in [0.5, 0.6) is 0 Å². The lowest BCUT2D eigenvalue weighted by Crippen LogP contribution is -2.49. The number of hydrogen-bond acceptors (Lipinski definition) is 4. The Balaban J connectivity index is 1.55. The maximum Gasteiger partial charge on any atom is 0.264 e. The first kappa shape index (κ1) is 17.0. The van der Waals surface area contributed by atoms with Crippen molar-refractivity contribution in [2.45, 2.75) is 44.6 Å². The molecule has 1 aromatic rings. The number of piperidine rings is 1. The molecule has 5 nitrogen and oxygen atoms in total. The summed E-state index contributed by atoms with van der Waals surface area (Å²) in [6.45, 7) is 2.43. The van der Waals surface area contributed by atoms with Gasteiger partial charge in [-0.05, 0) is 55.0 Å². The van der Waals surface area contributed by atoms with Gasteiger partial charge < -0.3 is 14.5 Å². The highest BCUT2D eigenvalue weighted by Crippen LogP contribution is 2.34. The van der Waals surface area contributed by atoms with Crippen LogP contribution < -0.4 is 0 Å². The van der Waals surface area contributed by atoms with Gasteiger partial charge in [0.15, 0.2) is 0 Å². The van der Waals surface area contributed by atoms with Crippen LogP contribution in [0.3, 0.4) is 0 Å². The normalized spacial score (nSPS) is 25.9. The smallest absolute Gasteiger partial charge is 0.264 e. The second kappa shape index (κ2) is 7.08. The van der Waals surface area contributed by atoms with Crippen LogP contribution in [-0.2, 0) is 22.4 Å². The number of rotatable bonds is 4. The molecule has 2 bridgehead atoms. The molecule has 0 aromatic carbocycles. The fraction of sp³-hybridized carbons (Fsp3) is 0.684. The zero-order valence-electron chi connectivity index (χ0n) is 14.8. The molecule has 0 radical (unpaired) electrons. The topological polar surface area (TPSA) is 49.9 Å². The van der Waals surface area contributed by atoms with Crippen LogP contribution >= 0.6 is 11.3 Å². The molecule has 4 heterocycles. The molecule has 1 aliphatic carbocycles. The van der Waals surface area contributed by atoms with Crippen molar-refractivity contribution in [3.63, 3.8) is 0 Å². The summed E-state index contributed by atoms with van der Waals surface area (Å²) in [5.74, 6) is 0.304. The Labute approximate surface area is 152 Å². The van der Waals surface area contributed by atoms with E-state index in [0.717, 1.165) is 30.6 Å². The maximum absolute atomic E-state index is 13.2. The van der Waals surface area contributed by atoms with E-state index in [1.165, 1.54) is 24.0 Å². The van der Waals surface area contributed by atoms with Crippen molar-refractivity contribution in [2.75, 3.05) is 33.4 Å². The SMILES string of the molecule is COCCN1C(=O)[C@H]2CC[C@@H]1CN(C(=O)c1scc3c1CCCC3)C2. The first-order chi connectivity index (χ1) is 12.2. The molecule has 2 amide bonds. The molecule has 0 saturated carbocycles. The Morgan fingerprint density at radius 2 is 2.12 bits per heavy atom. The van der Waals surface area contributed by atoms with Gasteiger partial charge in [-0.25, -0.2) is 0 Å². The van der Waals surface area contributed by atoms with E-state index in [1.807, 2.05) is 9.80 Å². The van der Waals surface area contributed by atoms with Crippen LogP contribution in [-0.4, -0.2) is 61.0 Å². The lowest BCUT2D eigenvalue weighted by molar-refractivity contribution is -0.140. The van der Waals surface area contributed by atoms with Gasteiger partial charge in [0.05, 0.1) is 17.4 Å². The summed E-state index contributed by atoms with van der Waals surface area (Å²) in [5, 5.41) is 2.17. The zero-order chi connectivity index (χ0) is 17.4. The van der Waals surface area contributed by atoms with Gasteiger partial charge in [-0.1, -0.05) is 0 Å². The highest BCUT2D eigenvalue weighted by molar-refractivity contribution is 7.12. The van der Waals surface area contributed by atoms with E-state index in [2.05, 4.69) is 5.38 Å². The van der Waals surface area contributed by atoms with Gasteiger partial charge in [0.25, 0.3) is 5.91 Å². The number of hydrogen-bond donors (Lipinski definition) is 0. The number of methoxy groups -OCH3 is 1. The number of amides is 2. The molecule has 2 atom stereocenters. The molecule has 0 spiro atoms. The molecule has 0 N–H and O–H groups in total. The van der Waals surface area contributed by atoms with Gasteiger partial charge in [0.2, 0.25) is 5.91 Å². The van der Waals surface area contributed by atoms with Crippen LogP contribution in [0.1, 0.15) is 46.5 Å². The summed E-state index contributed by atoms with van der Waals surface area (Å²) in [6, 6.07) is 0.140. The molecular formula is C19H26N2O3S. The van der Waals surface area contributed by atoms with Crippen molar-refractivity contribution in [1.29, 1.82) is 0 Å². The minimum Gasteiger partial charge on any atom is -0.383 e. The van der Waals surface area contributed by atoms with Gasteiger partial charge >= 0.3 is 0 Å². The summed E-state index contributed by atoms with van der Waals surface area (Å²) in [5.41, 5.74) is 2.65. The van der Waals surface area contributed by atoms with Crippen molar-refractivity contribution >= 4 is 23.2 Å². The van der Waals surface area contributed by atoms with Crippen LogP contribution in [0.25, 0.3) is 0 Å². The van der Waals surface area contributed by atoms with E-state index in [9.17, 15) is 9.59 Å². The number of aryl methyl sites for hydroxylation is 1. The molecule has 136 valence electrons.